The van der Waals surface area contributed by atoms with Gasteiger partial charge in [-0.05, 0) is 48.5 Å². The van der Waals surface area contributed by atoms with E-state index in [4.69, 9.17) is 4.42 Å². The van der Waals surface area contributed by atoms with Crippen molar-refractivity contribution in [1.82, 2.24) is 4.98 Å². The zero-order valence-corrected chi connectivity index (χ0v) is 16.4. The van der Waals surface area contributed by atoms with Crippen molar-refractivity contribution in [3.8, 4) is 11.3 Å². The van der Waals surface area contributed by atoms with Crippen LogP contribution in [0.3, 0.4) is 0 Å². The molecule has 3 aromatic carbocycles. The number of rotatable bonds is 7. The van der Waals surface area contributed by atoms with Crippen LogP contribution < -0.4 is 10.6 Å². The van der Waals surface area contributed by atoms with Crippen LogP contribution in [0.4, 0.5) is 25.8 Å². The van der Waals surface area contributed by atoms with Gasteiger partial charge in [-0.15, -0.1) is 0 Å². The van der Waals surface area contributed by atoms with Crippen LogP contribution >= 0.6 is 0 Å². The van der Waals surface area contributed by atoms with E-state index < -0.39 is 11.6 Å². The van der Waals surface area contributed by atoms with Gasteiger partial charge in [-0.25, -0.2) is 13.8 Å². The Balaban J connectivity index is 1.30. The van der Waals surface area contributed by atoms with Gasteiger partial charge >= 0.3 is 0 Å². The van der Waals surface area contributed by atoms with Gasteiger partial charge in [-0.1, -0.05) is 18.2 Å². The van der Waals surface area contributed by atoms with Crippen LogP contribution in [-0.4, -0.2) is 10.9 Å². The van der Waals surface area contributed by atoms with Gasteiger partial charge in [0.05, 0.1) is 11.8 Å². The van der Waals surface area contributed by atoms with Gasteiger partial charge in [0.2, 0.25) is 5.91 Å². The summed E-state index contributed by atoms with van der Waals surface area (Å²) >= 11 is 0. The van der Waals surface area contributed by atoms with Crippen LogP contribution in [0.25, 0.3) is 11.3 Å². The number of aryl methyl sites for hydroxylation is 1. The Bertz CT molecular complexity index is 1180. The van der Waals surface area contributed by atoms with Crippen LogP contribution in [0, 0.1) is 11.6 Å². The first-order valence-corrected chi connectivity index (χ1v) is 9.69. The molecule has 1 amide bonds. The highest BCUT2D eigenvalue weighted by molar-refractivity contribution is 5.91. The Kier molecular flexibility index (Phi) is 6.03. The van der Waals surface area contributed by atoms with Crippen molar-refractivity contribution >= 4 is 23.0 Å². The second-order valence-corrected chi connectivity index (χ2v) is 6.86. The second kappa shape index (κ2) is 9.21. The summed E-state index contributed by atoms with van der Waals surface area (Å²) in [4.78, 5) is 16.3. The number of nitrogens with zero attached hydrogens (tertiary/aromatic N) is 1. The molecule has 0 saturated carbocycles. The van der Waals surface area contributed by atoms with E-state index in [1.54, 1.807) is 0 Å². The zero-order valence-electron chi connectivity index (χ0n) is 16.4. The summed E-state index contributed by atoms with van der Waals surface area (Å²) < 4.78 is 32.4. The Morgan fingerprint density at radius 2 is 1.61 bits per heavy atom. The number of para-hydroxylation sites is 1. The average molecular weight is 419 g/mol. The Morgan fingerprint density at radius 3 is 2.35 bits per heavy atom. The lowest BCUT2D eigenvalue weighted by Crippen LogP contribution is -2.12. The molecule has 2 N–H and O–H groups in total. The van der Waals surface area contributed by atoms with E-state index in [2.05, 4.69) is 15.6 Å². The van der Waals surface area contributed by atoms with Gasteiger partial charge in [-0.2, -0.15) is 0 Å². The number of nitrogens with one attached hydrogen (secondary N) is 2. The maximum absolute atomic E-state index is 13.9. The third kappa shape index (κ3) is 5.33. The predicted molar refractivity (Wildman–Crippen MR) is 115 cm³/mol. The topological polar surface area (TPSA) is 67.2 Å². The summed E-state index contributed by atoms with van der Waals surface area (Å²) in [6, 6.07) is 20.4. The fraction of sp³-hybridized carbons (Fsp3) is 0.0833. The van der Waals surface area contributed by atoms with E-state index in [0.29, 0.717) is 11.6 Å². The maximum Gasteiger partial charge on any atom is 0.224 e. The molecule has 4 aromatic rings. The van der Waals surface area contributed by atoms with Crippen LogP contribution in [0.2, 0.25) is 0 Å². The fourth-order valence-corrected chi connectivity index (χ4v) is 3.01. The van der Waals surface area contributed by atoms with Crippen LogP contribution in [0.1, 0.15) is 12.3 Å². The highest BCUT2D eigenvalue weighted by Gasteiger charge is 2.13. The lowest BCUT2D eigenvalue weighted by Gasteiger charge is -2.08. The minimum atomic E-state index is -0.731. The first kappa shape index (κ1) is 20.3. The maximum atomic E-state index is 13.9. The molecule has 1 heterocycles. The van der Waals surface area contributed by atoms with Crippen molar-refractivity contribution in [2.75, 3.05) is 10.6 Å². The quantitative estimate of drug-likeness (QED) is 0.389. The molecule has 0 fully saturated rings. The van der Waals surface area contributed by atoms with Crippen LogP contribution in [0.5, 0.6) is 0 Å². The third-order valence-corrected chi connectivity index (χ3v) is 4.55. The predicted octanol–water partition coefficient (Wildman–Crippen LogP) is 5.93. The van der Waals surface area contributed by atoms with Crippen molar-refractivity contribution < 1.29 is 18.0 Å². The summed E-state index contributed by atoms with van der Waals surface area (Å²) in [6.07, 6.45) is 1.76. The summed E-state index contributed by atoms with van der Waals surface area (Å²) in [6.45, 7) is 0. The number of aromatic nitrogens is 1. The molecule has 4 rings (SSSR count). The van der Waals surface area contributed by atoms with E-state index in [0.717, 1.165) is 23.5 Å². The van der Waals surface area contributed by atoms with Crippen molar-refractivity contribution in [2.24, 2.45) is 0 Å². The molecule has 0 unspecified atom stereocenters. The van der Waals surface area contributed by atoms with Gasteiger partial charge in [0.15, 0.2) is 11.7 Å². The van der Waals surface area contributed by atoms with E-state index in [-0.39, 0.29) is 30.1 Å². The number of carbonyl (C=O) groups excluding carboxylic acids is 1. The fourth-order valence-electron chi connectivity index (χ4n) is 3.01. The Morgan fingerprint density at radius 1 is 0.903 bits per heavy atom. The number of halogens is 2. The third-order valence-electron chi connectivity index (χ3n) is 4.55. The molecule has 1 aromatic heterocycles. The number of amides is 1. The molecular formula is C24H19F2N3O2. The smallest absolute Gasteiger partial charge is 0.224 e. The normalized spacial score (nSPS) is 10.6. The van der Waals surface area contributed by atoms with E-state index in [9.17, 15) is 13.6 Å². The number of anilines is 3. The van der Waals surface area contributed by atoms with Crippen molar-refractivity contribution in [2.45, 2.75) is 12.8 Å². The molecule has 5 nitrogen and oxygen atoms in total. The molecule has 0 aliphatic carbocycles. The number of carbonyl (C=O) groups is 1. The lowest BCUT2D eigenvalue weighted by molar-refractivity contribution is -0.116. The lowest BCUT2D eigenvalue weighted by atomic mass is 10.2. The molecular weight excluding hydrogens is 400 g/mol. The molecule has 31 heavy (non-hydrogen) atoms. The molecule has 0 aliphatic heterocycles. The average Bonchev–Trinajstić information content (AvgIpc) is 3.23. The molecule has 0 bridgehead atoms. The summed E-state index contributed by atoms with van der Waals surface area (Å²) in [5, 5.41) is 6.09. The number of hydrogen-bond acceptors (Lipinski definition) is 4. The van der Waals surface area contributed by atoms with Crippen LogP contribution in [-0.2, 0) is 11.2 Å². The standard InChI is InChI=1S/C24H19F2N3O2/c25-16-6-11-20(21(26)14-16)22-15-27-24(31-22)13-12-23(30)29-19-9-7-18(8-10-19)28-17-4-2-1-3-5-17/h1-11,14-15,28H,12-13H2,(H,29,30). The Labute approximate surface area is 177 Å². The minimum absolute atomic E-state index is 0.119. The van der Waals surface area contributed by atoms with Gasteiger partial charge in [-0.3, -0.25) is 4.79 Å². The number of hydrogen-bond donors (Lipinski definition) is 2. The summed E-state index contributed by atoms with van der Waals surface area (Å²) in [7, 11) is 0. The molecule has 0 saturated heterocycles. The molecule has 0 aliphatic rings. The highest BCUT2D eigenvalue weighted by atomic mass is 19.1. The monoisotopic (exact) mass is 419 g/mol. The molecule has 0 radical (unpaired) electrons. The van der Waals surface area contributed by atoms with Gasteiger partial charge in [0, 0.05) is 36.0 Å². The Hall–Kier alpha value is -4.00. The van der Waals surface area contributed by atoms with Gasteiger partial charge in [0.25, 0.3) is 0 Å². The molecule has 156 valence electrons. The summed E-state index contributed by atoms with van der Waals surface area (Å²) in [5.74, 6) is -1.10. The molecule has 0 atom stereocenters. The zero-order chi connectivity index (χ0) is 21.6. The molecule has 0 spiro atoms. The van der Waals surface area contributed by atoms with Crippen LogP contribution in [0.15, 0.2) is 83.4 Å². The summed E-state index contributed by atoms with van der Waals surface area (Å²) in [5.41, 5.74) is 2.67. The first-order valence-electron chi connectivity index (χ1n) is 9.69. The SMILES string of the molecule is O=C(CCc1ncc(-c2ccc(F)cc2F)o1)Nc1ccc(Nc2ccccc2)cc1. The first-order chi connectivity index (χ1) is 15.1. The largest absolute Gasteiger partial charge is 0.441 e. The number of benzene rings is 3. The minimum Gasteiger partial charge on any atom is -0.441 e. The van der Waals surface area contributed by atoms with Crippen molar-refractivity contribution in [1.29, 1.82) is 0 Å². The van der Waals surface area contributed by atoms with Gasteiger partial charge < -0.3 is 15.1 Å². The second-order valence-electron chi connectivity index (χ2n) is 6.86. The van der Waals surface area contributed by atoms with E-state index in [1.165, 1.54) is 12.3 Å². The highest BCUT2D eigenvalue weighted by Crippen LogP contribution is 2.25. The number of oxazole rings is 1. The van der Waals surface area contributed by atoms with Crippen molar-refractivity contribution in [3.05, 3.63) is 96.5 Å². The van der Waals surface area contributed by atoms with Gasteiger partial charge in [0.1, 0.15) is 11.6 Å². The van der Waals surface area contributed by atoms with Crippen molar-refractivity contribution in [3.63, 3.8) is 0 Å². The molecule has 7 heteroatoms. The van der Waals surface area contributed by atoms with E-state index in [1.807, 2.05) is 54.6 Å². The van der Waals surface area contributed by atoms with E-state index >= 15 is 0 Å².